The van der Waals surface area contributed by atoms with E-state index in [4.69, 9.17) is 9.47 Å². The number of benzene rings is 2. The van der Waals surface area contributed by atoms with Gasteiger partial charge in [0, 0.05) is 50.5 Å². The average molecular weight is 516 g/mol. The lowest BCUT2D eigenvalue weighted by Gasteiger charge is -2.36. The molecule has 1 aromatic heterocycles. The molecule has 3 heterocycles. The summed E-state index contributed by atoms with van der Waals surface area (Å²) in [7, 11) is 1.59. The molecule has 0 N–H and O–H groups in total. The van der Waals surface area contributed by atoms with Gasteiger partial charge in [0.2, 0.25) is 5.91 Å². The van der Waals surface area contributed by atoms with Gasteiger partial charge >= 0.3 is 0 Å². The van der Waals surface area contributed by atoms with Gasteiger partial charge in [-0.1, -0.05) is 30.3 Å². The molecule has 38 heavy (non-hydrogen) atoms. The van der Waals surface area contributed by atoms with Crippen LogP contribution in [0.3, 0.4) is 0 Å². The zero-order valence-electron chi connectivity index (χ0n) is 21.7. The first kappa shape index (κ1) is 25.7. The fourth-order valence-electron chi connectivity index (χ4n) is 4.87. The Labute approximate surface area is 223 Å². The lowest BCUT2D eigenvalue weighted by molar-refractivity contribution is -0.132. The van der Waals surface area contributed by atoms with Crippen molar-refractivity contribution in [1.29, 1.82) is 0 Å². The van der Waals surface area contributed by atoms with Crippen LogP contribution in [0.2, 0.25) is 0 Å². The van der Waals surface area contributed by atoms with Crippen LogP contribution in [0.25, 0.3) is 11.3 Å². The lowest BCUT2D eigenvalue weighted by Crippen LogP contribution is -2.52. The normalized spacial score (nSPS) is 17.3. The SMILES string of the molecule is COc1ccc(C(=O)N(CC(=O)N2CCN(c3ccc(-c4ccccc4)nn3)CC2)CC2CCCO2)cc1. The van der Waals surface area contributed by atoms with E-state index in [1.807, 2.05) is 47.4 Å². The molecule has 0 saturated carbocycles. The van der Waals surface area contributed by atoms with Crippen molar-refractivity contribution in [2.45, 2.75) is 18.9 Å². The number of aromatic nitrogens is 2. The molecule has 2 aromatic carbocycles. The van der Waals surface area contributed by atoms with Gasteiger partial charge in [0.15, 0.2) is 5.82 Å². The maximum atomic E-state index is 13.4. The molecule has 2 amide bonds. The number of hydrogen-bond acceptors (Lipinski definition) is 7. The van der Waals surface area contributed by atoms with E-state index < -0.39 is 0 Å². The monoisotopic (exact) mass is 515 g/mol. The molecule has 9 heteroatoms. The van der Waals surface area contributed by atoms with E-state index in [1.165, 1.54) is 0 Å². The molecule has 0 aliphatic carbocycles. The first-order chi connectivity index (χ1) is 18.6. The third kappa shape index (κ3) is 6.11. The number of carbonyl (C=O) groups excluding carboxylic acids is 2. The Balaban J connectivity index is 1.19. The Kier molecular flexibility index (Phi) is 8.13. The van der Waals surface area contributed by atoms with Crippen LogP contribution >= 0.6 is 0 Å². The van der Waals surface area contributed by atoms with E-state index in [-0.39, 0.29) is 24.5 Å². The maximum Gasteiger partial charge on any atom is 0.254 e. The lowest BCUT2D eigenvalue weighted by atomic mass is 10.1. The van der Waals surface area contributed by atoms with Crippen LogP contribution in [0.5, 0.6) is 5.75 Å². The van der Waals surface area contributed by atoms with E-state index in [0.717, 1.165) is 29.9 Å². The summed E-state index contributed by atoms with van der Waals surface area (Å²) in [5.74, 6) is 1.24. The molecule has 1 atom stereocenters. The van der Waals surface area contributed by atoms with Crippen molar-refractivity contribution >= 4 is 17.6 Å². The van der Waals surface area contributed by atoms with Crippen molar-refractivity contribution < 1.29 is 19.1 Å². The quantitative estimate of drug-likeness (QED) is 0.456. The largest absolute Gasteiger partial charge is 0.497 e. The zero-order chi connectivity index (χ0) is 26.3. The minimum Gasteiger partial charge on any atom is -0.497 e. The summed E-state index contributed by atoms with van der Waals surface area (Å²) in [6, 6.07) is 20.9. The standard InChI is InChI=1S/C29H33N5O4/c1-37-24-11-9-23(10-12-24)29(36)34(20-25-8-5-19-38-25)21-28(35)33-17-15-32(16-18-33)27-14-13-26(30-31-27)22-6-3-2-4-7-22/h2-4,6-7,9-14,25H,5,8,15-21H2,1H3. The summed E-state index contributed by atoms with van der Waals surface area (Å²) in [4.78, 5) is 32.2. The molecule has 2 saturated heterocycles. The molecular weight excluding hydrogens is 482 g/mol. The topological polar surface area (TPSA) is 88.1 Å². The van der Waals surface area contributed by atoms with Crippen molar-refractivity contribution in [3.05, 3.63) is 72.3 Å². The highest BCUT2D eigenvalue weighted by atomic mass is 16.5. The number of rotatable bonds is 8. The smallest absolute Gasteiger partial charge is 0.254 e. The summed E-state index contributed by atoms with van der Waals surface area (Å²) in [5, 5.41) is 8.81. The summed E-state index contributed by atoms with van der Waals surface area (Å²) >= 11 is 0. The Morgan fingerprint density at radius 3 is 2.37 bits per heavy atom. The van der Waals surface area contributed by atoms with Crippen LogP contribution < -0.4 is 9.64 Å². The van der Waals surface area contributed by atoms with Gasteiger partial charge in [0.25, 0.3) is 5.91 Å². The minimum absolute atomic E-state index is 0.0241. The van der Waals surface area contributed by atoms with Gasteiger partial charge < -0.3 is 24.2 Å². The highest BCUT2D eigenvalue weighted by molar-refractivity contribution is 5.96. The third-order valence-corrected chi connectivity index (χ3v) is 7.07. The van der Waals surface area contributed by atoms with Gasteiger partial charge in [0.1, 0.15) is 12.3 Å². The van der Waals surface area contributed by atoms with Gasteiger partial charge in [-0.05, 0) is 49.2 Å². The number of piperazine rings is 1. The van der Waals surface area contributed by atoms with Crippen molar-refractivity contribution in [2.24, 2.45) is 0 Å². The molecule has 5 rings (SSSR count). The molecule has 1 unspecified atom stereocenters. The molecule has 2 aliphatic heterocycles. The predicted molar refractivity (Wildman–Crippen MR) is 144 cm³/mol. The second-order valence-electron chi connectivity index (χ2n) is 9.56. The summed E-state index contributed by atoms with van der Waals surface area (Å²) in [6.07, 6.45) is 1.82. The number of amides is 2. The second-order valence-corrected chi connectivity index (χ2v) is 9.56. The third-order valence-electron chi connectivity index (χ3n) is 7.07. The van der Waals surface area contributed by atoms with Crippen LogP contribution in [0, 0.1) is 0 Å². The Hall–Kier alpha value is -3.98. The summed E-state index contributed by atoms with van der Waals surface area (Å²) in [6.45, 7) is 3.56. The van der Waals surface area contributed by atoms with Crippen LogP contribution in [0.1, 0.15) is 23.2 Å². The number of nitrogens with zero attached hydrogens (tertiary/aromatic N) is 5. The molecular formula is C29H33N5O4. The molecule has 0 bridgehead atoms. The van der Waals surface area contributed by atoms with Crippen molar-refractivity contribution in [3.63, 3.8) is 0 Å². The Morgan fingerprint density at radius 2 is 1.74 bits per heavy atom. The Morgan fingerprint density at radius 1 is 0.974 bits per heavy atom. The molecule has 2 fully saturated rings. The van der Waals surface area contributed by atoms with Crippen molar-refractivity contribution in [2.75, 3.05) is 57.9 Å². The molecule has 0 radical (unpaired) electrons. The fourth-order valence-corrected chi connectivity index (χ4v) is 4.87. The van der Waals surface area contributed by atoms with Gasteiger partial charge in [-0.15, -0.1) is 10.2 Å². The zero-order valence-corrected chi connectivity index (χ0v) is 21.7. The molecule has 198 valence electrons. The van der Waals surface area contributed by atoms with Gasteiger partial charge in [0.05, 0.1) is 18.9 Å². The van der Waals surface area contributed by atoms with Crippen LogP contribution in [-0.4, -0.2) is 90.9 Å². The predicted octanol–water partition coefficient (Wildman–Crippen LogP) is 3.12. The molecule has 9 nitrogen and oxygen atoms in total. The second kappa shape index (κ2) is 12.0. The van der Waals surface area contributed by atoms with E-state index in [9.17, 15) is 9.59 Å². The van der Waals surface area contributed by atoms with Gasteiger partial charge in [-0.2, -0.15) is 0 Å². The maximum absolute atomic E-state index is 13.4. The highest BCUT2D eigenvalue weighted by Gasteiger charge is 2.29. The molecule has 2 aliphatic rings. The molecule has 0 spiro atoms. The number of methoxy groups -OCH3 is 1. The number of ether oxygens (including phenoxy) is 2. The first-order valence-corrected chi connectivity index (χ1v) is 13.1. The number of carbonyl (C=O) groups is 2. The summed E-state index contributed by atoms with van der Waals surface area (Å²) in [5.41, 5.74) is 2.38. The van der Waals surface area contributed by atoms with Gasteiger partial charge in [-0.25, -0.2) is 0 Å². The summed E-state index contributed by atoms with van der Waals surface area (Å²) < 4.78 is 11.0. The van der Waals surface area contributed by atoms with E-state index >= 15 is 0 Å². The number of hydrogen-bond donors (Lipinski definition) is 0. The van der Waals surface area contributed by atoms with Crippen molar-refractivity contribution in [1.82, 2.24) is 20.0 Å². The van der Waals surface area contributed by atoms with E-state index in [2.05, 4.69) is 15.1 Å². The van der Waals surface area contributed by atoms with Crippen molar-refractivity contribution in [3.8, 4) is 17.0 Å². The minimum atomic E-state index is -0.177. The Bertz CT molecular complexity index is 1210. The fraction of sp³-hybridized carbons (Fsp3) is 0.379. The molecule has 3 aromatic rings. The van der Waals surface area contributed by atoms with E-state index in [1.54, 1.807) is 36.3 Å². The van der Waals surface area contributed by atoms with Crippen LogP contribution in [0.4, 0.5) is 5.82 Å². The average Bonchev–Trinajstić information content (AvgIpc) is 3.50. The number of anilines is 1. The first-order valence-electron chi connectivity index (χ1n) is 13.1. The van der Waals surface area contributed by atoms with Crippen LogP contribution in [-0.2, 0) is 9.53 Å². The highest BCUT2D eigenvalue weighted by Crippen LogP contribution is 2.20. The van der Waals surface area contributed by atoms with Gasteiger partial charge in [-0.3, -0.25) is 9.59 Å². The van der Waals surface area contributed by atoms with E-state index in [0.29, 0.717) is 50.6 Å². The van der Waals surface area contributed by atoms with Crippen LogP contribution in [0.15, 0.2) is 66.7 Å².